The van der Waals surface area contributed by atoms with Crippen LogP contribution in [0.15, 0.2) is 93.7 Å². The van der Waals surface area contributed by atoms with Crippen LogP contribution in [0.1, 0.15) is 30.0 Å². The quantitative estimate of drug-likeness (QED) is 0.377. The first-order valence-electron chi connectivity index (χ1n) is 9.55. The Labute approximate surface area is 188 Å². The van der Waals surface area contributed by atoms with Crippen molar-refractivity contribution in [3.63, 3.8) is 0 Å². The number of allylic oxidation sites excluding steroid dienone is 5. The molecule has 3 aromatic rings. The van der Waals surface area contributed by atoms with E-state index >= 15 is 0 Å². The maximum Gasteiger partial charge on any atom is 0.240 e. The second-order valence-electron chi connectivity index (χ2n) is 6.44. The van der Waals surface area contributed by atoms with Gasteiger partial charge in [0.2, 0.25) is 10.0 Å². The number of benzene rings is 1. The largest absolute Gasteiger partial charge is 0.240 e. The van der Waals surface area contributed by atoms with Crippen LogP contribution in [0.25, 0.3) is 5.57 Å². The molecule has 3 nitrogen and oxygen atoms in total. The van der Waals surface area contributed by atoms with Crippen LogP contribution in [0, 0.1) is 6.92 Å². The Bertz CT molecular complexity index is 1040. The highest BCUT2D eigenvalue weighted by molar-refractivity contribution is 7.89. The van der Waals surface area contributed by atoms with Gasteiger partial charge in [-0.05, 0) is 81.4 Å². The van der Waals surface area contributed by atoms with Crippen molar-refractivity contribution in [2.75, 3.05) is 0 Å². The average molecular weight is 458 g/mol. The van der Waals surface area contributed by atoms with Gasteiger partial charge in [-0.25, -0.2) is 13.1 Å². The van der Waals surface area contributed by atoms with Crippen LogP contribution in [-0.2, 0) is 16.6 Å². The standard InChI is InChI=1S/C19H21NO2S2.C5H6S/c1-3-5-7-17(6-4-2)18-8-10-19(11-9-18)24(21,22)20-14-16-12-13-23-15-16;1-5-2-3-6-4-5/h3,5-13,15,20H,1,4,14H2,2H3;2-4H,1H3/b7-5-,17-6+;. The summed E-state index contributed by atoms with van der Waals surface area (Å²) < 4.78 is 27.3. The summed E-state index contributed by atoms with van der Waals surface area (Å²) in [5, 5.41) is 8.06. The number of hydrogen-bond acceptors (Lipinski definition) is 4. The van der Waals surface area contributed by atoms with Crippen molar-refractivity contribution in [3.8, 4) is 0 Å². The predicted molar refractivity (Wildman–Crippen MR) is 131 cm³/mol. The van der Waals surface area contributed by atoms with Gasteiger partial charge in [-0.1, -0.05) is 49.9 Å². The van der Waals surface area contributed by atoms with E-state index in [1.807, 2.05) is 41.1 Å². The van der Waals surface area contributed by atoms with Gasteiger partial charge >= 0.3 is 0 Å². The average Bonchev–Trinajstić information content (AvgIpc) is 3.44. The molecular weight excluding hydrogens is 430 g/mol. The highest BCUT2D eigenvalue weighted by atomic mass is 32.2. The van der Waals surface area contributed by atoms with Crippen LogP contribution in [0.5, 0.6) is 0 Å². The molecule has 2 aromatic heterocycles. The van der Waals surface area contributed by atoms with Crippen molar-refractivity contribution in [1.82, 2.24) is 4.72 Å². The fourth-order valence-electron chi connectivity index (χ4n) is 2.49. The van der Waals surface area contributed by atoms with Gasteiger partial charge in [0.05, 0.1) is 4.90 Å². The van der Waals surface area contributed by atoms with Crippen molar-refractivity contribution in [2.45, 2.75) is 31.7 Å². The summed E-state index contributed by atoms with van der Waals surface area (Å²) in [6.45, 7) is 8.13. The second kappa shape index (κ2) is 12.4. The van der Waals surface area contributed by atoms with Crippen LogP contribution in [0.3, 0.4) is 0 Å². The minimum absolute atomic E-state index is 0.269. The van der Waals surface area contributed by atoms with E-state index in [1.165, 1.54) is 5.56 Å². The molecule has 0 aliphatic heterocycles. The summed E-state index contributed by atoms with van der Waals surface area (Å²) in [5.41, 5.74) is 4.35. The van der Waals surface area contributed by atoms with E-state index in [4.69, 9.17) is 0 Å². The Balaban J connectivity index is 0.000000456. The number of sulfonamides is 1. The number of thiophene rings is 2. The first-order valence-corrected chi connectivity index (χ1v) is 12.9. The lowest BCUT2D eigenvalue weighted by Gasteiger charge is -2.08. The third-order valence-corrected chi connectivity index (χ3v) is 6.99. The molecule has 0 spiro atoms. The molecule has 1 N–H and O–H groups in total. The SMILES string of the molecule is C=C/C=C\C(=C/CC)c1ccc(S(=O)(=O)NCc2ccsc2)cc1.Cc1ccsc1. The van der Waals surface area contributed by atoms with Crippen LogP contribution < -0.4 is 4.72 Å². The van der Waals surface area contributed by atoms with E-state index in [1.54, 1.807) is 40.9 Å². The molecule has 0 amide bonds. The number of hydrogen-bond donors (Lipinski definition) is 1. The molecule has 0 radical (unpaired) electrons. The van der Waals surface area contributed by atoms with Gasteiger partial charge in [0.1, 0.15) is 0 Å². The van der Waals surface area contributed by atoms with Crippen LogP contribution in [0.2, 0.25) is 0 Å². The molecular formula is C24H27NO2S3. The van der Waals surface area contributed by atoms with Crippen molar-refractivity contribution in [1.29, 1.82) is 0 Å². The van der Waals surface area contributed by atoms with E-state index in [9.17, 15) is 8.42 Å². The molecule has 0 fully saturated rings. The lowest BCUT2D eigenvalue weighted by atomic mass is 10.0. The monoisotopic (exact) mass is 457 g/mol. The van der Waals surface area contributed by atoms with Gasteiger partial charge in [-0.3, -0.25) is 0 Å². The first kappa shape index (κ1) is 24.0. The Kier molecular flexibility index (Phi) is 9.97. The molecule has 0 bridgehead atoms. The summed E-state index contributed by atoms with van der Waals surface area (Å²) in [5.74, 6) is 0. The highest BCUT2D eigenvalue weighted by Gasteiger charge is 2.13. The number of nitrogens with one attached hydrogen (secondary N) is 1. The van der Waals surface area contributed by atoms with Gasteiger partial charge in [0.15, 0.2) is 0 Å². The van der Waals surface area contributed by atoms with Gasteiger partial charge < -0.3 is 0 Å². The lowest BCUT2D eigenvalue weighted by molar-refractivity contribution is 0.581. The first-order chi connectivity index (χ1) is 14.5. The van der Waals surface area contributed by atoms with Gasteiger partial charge in [-0.2, -0.15) is 22.7 Å². The van der Waals surface area contributed by atoms with Crippen molar-refractivity contribution < 1.29 is 8.42 Å². The molecule has 0 aliphatic carbocycles. The van der Waals surface area contributed by atoms with Gasteiger partial charge in [0, 0.05) is 6.54 Å². The van der Waals surface area contributed by atoms with E-state index < -0.39 is 10.0 Å². The van der Waals surface area contributed by atoms with E-state index in [2.05, 4.69) is 48.1 Å². The Morgan fingerprint density at radius 3 is 2.27 bits per heavy atom. The summed E-state index contributed by atoms with van der Waals surface area (Å²) in [4.78, 5) is 0.269. The van der Waals surface area contributed by atoms with E-state index in [0.717, 1.165) is 23.1 Å². The molecule has 0 atom stereocenters. The Morgan fingerprint density at radius 1 is 1.07 bits per heavy atom. The topological polar surface area (TPSA) is 46.2 Å². The molecule has 2 heterocycles. The zero-order valence-corrected chi connectivity index (χ0v) is 19.7. The maximum absolute atomic E-state index is 12.4. The summed E-state index contributed by atoms with van der Waals surface area (Å²) in [7, 11) is -3.51. The molecule has 0 unspecified atom stereocenters. The fourth-order valence-corrected chi connectivity index (χ4v) is 4.84. The summed E-state index contributed by atoms with van der Waals surface area (Å²) >= 11 is 3.29. The smallest absolute Gasteiger partial charge is 0.207 e. The number of rotatable bonds is 8. The Hall–Kier alpha value is -2.25. The minimum Gasteiger partial charge on any atom is -0.207 e. The zero-order chi connectivity index (χ0) is 21.8. The molecule has 6 heteroatoms. The molecule has 0 saturated heterocycles. The zero-order valence-electron chi connectivity index (χ0n) is 17.2. The molecule has 0 saturated carbocycles. The maximum atomic E-state index is 12.4. The lowest BCUT2D eigenvalue weighted by Crippen LogP contribution is -2.22. The van der Waals surface area contributed by atoms with Gasteiger partial charge in [0.25, 0.3) is 0 Å². The molecule has 3 rings (SSSR count). The summed E-state index contributed by atoms with van der Waals surface area (Å²) in [6, 6.07) is 10.9. The van der Waals surface area contributed by atoms with Crippen molar-refractivity contribution >= 4 is 38.3 Å². The van der Waals surface area contributed by atoms with E-state index in [-0.39, 0.29) is 4.90 Å². The highest BCUT2D eigenvalue weighted by Crippen LogP contribution is 2.20. The molecule has 30 heavy (non-hydrogen) atoms. The molecule has 0 aliphatic rings. The molecule has 1 aromatic carbocycles. The summed E-state index contributed by atoms with van der Waals surface area (Å²) in [6.07, 6.45) is 8.55. The van der Waals surface area contributed by atoms with Crippen LogP contribution in [-0.4, -0.2) is 8.42 Å². The van der Waals surface area contributed by atoms with Gasteiger partial charge in [-0.15, -0.1) is 0 Å². The Morgan fingerprint density at radius 2 is 1.77 bits per heavy atom. The normalized spacial score (nSPS) is 11.9. The molecule has 158 valence electrons. The van der Waals surface area contributed by atoms with Crippen LogP contribution >= 0.6 is 22.7 Å². The second-order valence-corrected chi connectivity index (χ2v) is 9.77. The number of aryl methyl sites for hydroxylation is 1. The van der Waals surface area contributed by atoms with Crippen molar-refractivity contribution in [3.05, 3.63) is 105 Å². The van der Waals surface area contributed by atoms with Crippen LogP contribution in [0.4, 0.5) is 0 Å². The van der Waals surface area contributed by atoms with E-state index in [0.29, 0.717) is 6.54 Å². The third kappa shape index (κ3) is 7.88. The third-order valence-electron chi connectivity index (χ3n) is 4.04. The van der Waals surface area contributed by atoms with Crippen molar-refractivity contribution in [2.24, 2.45) is 0 Å². The predicted octanol–water partition coefficient (Wildman–Crippen LogP) is 6.82. The minimum atomic E-state index is -3.51. The fraction of sp³-hybridized carbons (Fsp3) is 0.167.